The van der Waals surface area contributed by atoms with Gasteiger partial charge >= 0.3 is 20.3 Å². The van der Waals surface area contributed by atoms with Gasteiger partial charge in [-0.15, -0.1) is 0 Å². The van der Waals surface area contributed by atoms with Crippen LogP contribution in [0.15, 0.2) is 34.5 Å². The van der Waals surface area contributed by atoms with Crippen LogP contribution < -0.4 is 17.0 Å². The van der Waals surface area contributed by atoms with Crippen molar-refractivity contribution >= 4 is 43.9 Å². The molecule has 18 nitrogen and oxygen atoms in total. The van der Waals surface area contributed by atoms with Crippen molar-refractivity contribution in [2.24, 2.45) is 0 Å². The third kappa shape index (κ3) is 6.21. The molecule has 5 heterocycles. The number of aromatic amines is 1. The van der Waals surface area contributed by atoms with E-state index in [1.54, 1.807) is 0 Å². The third-order valence-electron chi connectivity index (χ3n) is 6.30. The van der Waals surface area contributed by atoms with Crippen molar-refractivity contribution in [2.45, 2.75) is 43.1 Å². The smallest absolute Gasteiger partial charge is 0.382 e. The summed E-state index contributed by atoms with van der Waals surface area (Å²) in [6, 6.07) is 0.935. The first-order chi connectivity index (χ1) is 19.8. The summed E-state index contributed by atoms with van der Waals surface area (Å²) < 4.78 is 90.6. The lowest BCUT2D eigenvalue weighted by molar-refractivity contribution is -0.0935. The highest BCUT2D eigenvalue weighted by molar-refractivity contribution is 8.44. The van der Waals surface area contributed by atoms with Crippen molar-refractivity contribution in [3.05, 3.63) is 45.8 Å². The second-order valence-electron chi connectivity index (χ2n) is 8.93. The number of fused-ring (bicyclic) bond motifs is 3. The van der Waals surface area contributed by atoms with Gasteiger partial charge in [0.05, 0.1) is 19.5 Å². The number of methoxy groups -OCH3 is 1. The SMILES string of the molecule is CO[C@@H]1CO[P@@](=O)(S)O[C@@H]2[C@H](F)[C@@H](COP(=O)(O)O[C@H]1[C@@H](F)n1cnc3c(N)ncnc31)O[C@H]2n1ccc(=O)[nH]c1=O. The molecular weight excluding hydrogens is 634 g/mol. The van der Waals surface area contributed by atoms with Crippen LogP contribution in [0, 0.1) is 0 Å². The number of nitrogens with two attached hydrogens (primary N) is 1. The lowest BCUT2D eigenvalue weighted by atomic mass is 10.1. The number of nitrogens with one attached hydrogen (secondary N) is 1. The van der Waals surface area contributed by atoms with Crippen LogP contribution in [0.25, 0.3) is 11.2 Å². The van der Waals surface area contributed by atoms with Crippen LogP contribution in [0.4, 0.5) is 14.6 Å². The fourth-order valence-electron chi connectivity index (χ4n) is 4.30. The van der Waals surface area contributed by atoms with Crippen LogP contribution in [-0.4, -0.2) is 84.9 Å². The van der Waals surface area contributed by atoms with E-state index < -0.39 is 82.2 Å². The average molecular weight is 657 g/mol. The molecule has 0 radical (unpaired) electrons. The van der Waals surface area contributed by atoms with E-state index in [0.29, 0.717) is 0 Å². The number of ether oxygens (including phenoxy) is 2. The predicted octanol–water partition coefficient (Wildman–Crippen LogP) is 0.633. The van der Waals surface area contributed by atoms with Gasteiger partial charge in [-0.2, -0.15) is 0 Å². The van der Waals surface area contributed by atoms with Crippen LogP contribution in [0.3, 0.4) is 0 Å². The normalized spacial score (nSPS) is 35.3. The van der Waals surface area contributed by atoms with Crippen LogP contribution in [0.5, 0.6) is 0 Å². The maximum Gasteiger partial charge on any atom is 0.472 e. The summed E-state index contributed by atoms with van der Waals surface area (Å²) >= 11 is 3.86. The molecular formula is C19H23F2N7O11P2S. The van der Waals surface area contributed by atoms with Crippen molar-refractivity contribution in [3.63, 3.8) is 0 Å². The van der Waals surface area contributed by atoms with E-state index in [9.17, 15) is 23.6 Å². The monoisotopic (exact) mass is 657 g/mol. The summed E-state index contributed by atoms with van der Waals surface area (Å²) in [7, 11) is -4.17. The van der Waals surface area contributed by atoms with E-state index in [1.165, 1.54) is 0 Å². The van der Waals surface area contributed by atoms with Gasteiger partial charge in [-0.05, 0) is 0 Å². The van der Waals surface area contributed by atoms with Crippen molar-refractivity contribution in [2.75, 3.05) is 26.1 Å². The Morgan fingerprint density at radius 2 is 2.00 bits per heavy atom. The molecule has 4 N–H and O–H groups in total. The van der Waals surface area contributed by atoms with Gasteiger partial charge in [-0.25, -0.2) is 37.7 Å². The Kier molecular flexibility index (Phi) is 8.70. The number of alkyl halides is 2. The molecule has 2 aliphatic rings. The molecule has 3 aromatic rings. The quantitative estimate of drug-likeness (QED) is 0.223. The molecule has 9 atom stereocenters. The predicted molar refractivity (Wildman–Crippen MR) is 139 cm³/mol. The minimum atomic E-state index is -5.24. The molecule has 2 aliphatic heterocycles. The van der Waals surface area contributed by atoms with E-state index in [-0.39, 0.29) is 17.0 Å². The van der Waals surface area contributed by atoms with E-state index in [4.69, 9.17) is 33.3 Å². The third-order valence-corrected chi connectivity index (χ3v) is 8.90. The number of phosphoric acid groups is 1. The Labute approximate surface area is 238 Å². The number of H-pyrrole nitrogens is 1. The molecule has 0 spiro atoms. The molecule has 2 bridgehead atoms. The van der Waals surface area contributed by atoms with Gasteiger partial charge in [-0.3, -0.25) is 37.0 Å². The molecule has 2 fully saturated rings. The fourth-order valence-corrected chi connectivity index (χ4v) is 6.69. The van der Waals surface area contributed by atoms with Gasteiger partial charge in [0.15, 0.2) is 23.9 Å². The fraction of sp³-hybridized carbons (Fsp3) is 0.526. The molecule has 1 unspecified atom stereocenters. The molecule has 0 aromatic carbocycles. The molecule has 0 amide bonds. The lowest BCUT2D eigenvalue weighted by Crippen LogP contribution is -2.39. The molecule has 0 saturated carbocycles. The Bertz CT molecular complexity index is 1680. The number of rotatable bonds is 4. The number of nitrogen functional groups attached to an aromatic ring is 1. The number of halogens is 2. The van der Waals surface area contributed by atoms with Gasteiger partial charge in [0, 0.05) is 19.4 Å². The number of aromatic nitrogens is 6. The highest BCUT2D eigenvalue weighted by Gasteiger charge is 2.52. The minimum Gasteiger partial charge on any atom is -0.382 e. The number of phosphoric ester groups is 1. The number of hydrogen-bond acceptors (Lipinski definition) is 14. The average Bonchev–Trinajstić information content (AvgIpc) is 3.48. The molecule has 5 rings (SSSR count). The van der Waals surface area contributed by atoms with Gasteiger partial charge in [-0.1, -0.05) is 12.2 Å². The van der Waals surface area contributed by atoms with Gasteiger partial charge in [0.2, 0.25) is 6.30 Å². The van der Waals surface area contributed by atoms with Crippen molar-refractivity contribution in [1.29, 1.82) is 0 Å². The van der Waals surface area contributed by atoms with Crippen LogP contribution in [0.2, 0.25) is 0 Å². The Hall–Kier alpha value is -2.58. The Morgan fingerprint density at radius 3 is 2.71 bits per heavy atom. The van der Waals surface area contributed by atoms with Gasteiger partial charge < -0.3 is 20.1 Å². The molecule has 42 heavy (non-hydrogen) atoms. The lowest BCUT2D eigenvalue weighted by Gasteiger charge is -2.31. The Morgan fingerprint density at radius 1 is 1.24 bits per heavy atom. The zero-order valence-corrected chi connectivity index (χ0v) is 23.9. The zero-order chi connectivity index (χ0) is 30.4. The molecule has 2 saturated heterocycles. The first kappa shape index (κ1) is 30.9. The summed E-state index contributed by atoms with van der Waals surface area (Å²) in [5.74, 6) is -0.0731. The zero-order valence-electron chi connectivity index (χ0n) is 21.2. The highest BCUT2D eigenvalue weighted by atomic mass is 32.7. The van der Waals surface area contributed by atoms with Crippen LogP contribution >= 0.6 is 26.9 Å². The largest absolute Gasteiger partial charge is 0.472 e. The summed E-state index contributed by atoms with van der Waals surface area (Å²) in [6.45, 7) is -6.39. The van der Waals surface area contributed by atoms with Gasteiger partial charge in [0.25, 0.3) is 5.56 Å². The number of anilines is 1. The second-order valence-corrected chi connectivity index (χ2v) is 13.2. The van der Waals surface area contributed by atoms with Crippen molar-refractivity contribution in [3.8, 4) is 0 Å². The van der Waals surface area contributed by atoms with Crippen LogP contribution in [-0.2, 0) is 36.7 Å². The molecule has 3 aromatic heterocycles. The molecule has 0 aliphatic carbocycles. The second kappa shape index (κ2) is 11.8. The summed E-state index contributed by atoms with van der Waals surface area (Å²) in [4.78, 5) is 47.9. The first-order valence-corrected chi connectivity index (χ1v) is 16.0. The van der Waals surface area contributed by atoms with Crippen molar-refractivity contribution in [1.82, 2.24) is 29.1 Å². The van der Waals surface area contributed by atoms with E-state index in [2.05, 4.69) is 27.2 Å². The molecule has 23 heteroatoms. The first-order valence-electron chi connectivity index (χ1n) is 11.8. The number of imidazole rings is 1. The summed E-state index contributed by atoms with van der Waals surface area (Å²) in [6.07, 6.45) is -10.5. The standard InChI is InChI=1S/C19H23F2N7O11P2S/c1-34-9-5-36-41(33,42)39-14-11(20)8(37-18(14)27-3-2-10(29)26-19(27)30)4-35-40(31,32)38-13(9)15(21)28-7-25-12-16(22)23-6-24-17(12)28/h2-3,6-9,11,13-15,18H,4-5H2,1H3,(H,31,32)(H,33,42)(H2,22,23,24)(H,26,29,30)/t8-,9-,11-,13-,14-,15+,18-,41-/m1/s1. The number of thiol groups is 1. The van der Waals surface area contributed by atoms with Crippen LogP contribution in [0.1, 0.15) is 12.5 Å². The van der Waals surface area contributed by atoms with E-state index in [1.807, 2.05) is 4.98 Å². The number of nitrogens with zero attached hydrogens (tertiary/aromatic N) is 5. The highest BCUT2D eigenvalue weighted by Crippen LogP contribution is 2.58. The van der Waals surface area contributed by atoms with E-state index >= 15 is 8.78 Å². The van der Waals surface area contributed by atoms with E-state index in [0.717, 1.165) is 41.2 Å². The topological polar surface area (TPSA) is 234 Å². The minimum absolute atomic E-state index is 0.0185. The van der Waals surface area contributed by atoms with Gasteiger partial charge in [0.1, 0.15) is 36.3 Å². The molecule has 230 valence electrons. The summed E-state index contributed by atoms with van der Waals surface area (Å²) in [5, 5.41) is 0. The number of hydrogen-bond donors (Lipinski definition) is 4. The maximum absolute atomic E-state index is 16.0. The Balaban J connectivity index is 1.49. The summed E-state index contributed by atoms with van der Waals surface area (Å²) in [5.41, 5.74) is 3.86. The maximum atomic E-state index is 16.0. The van der Waals surface area contributed by atoms with Crippen molar-refractivity contribution < 1.29 is 50.4 Å².